The monoisotopic (exact) mass is 596 g/mol. The molecular weight excluding hydrogens is 556 g/mol. The fraction of sp³-hybridized carbons (Fsp3) is 0.371. The van der Waals surface area contributed by atoms with Crippen LogP contribution in [0, 0.1) is 5.92 Å². The van der Waals surface area contributed by atoms with Gasteiger partial charge in [0.05, 0.1) is 32.7 Å². The van der Waals surface area contributed by atoms with Gasteiger partial charge in [-0.15, -0.1) is 6.58 Å². The van der Waals surface area contributed by atoms with Crippen LogP contribution in [-0.4, -0.2) is 51.4 Å². The zero-order valence-electron chi connectivity index (χ0n) is 25.4. The Morgan fingerprint density at radius 3 is 2.51 bits per heavy atom. The molecule has 0 aromatic heterocycles. The number of rotatable bonds is 8. The number of methoxy groups -OCH3 is 1. The molecule has 7 nitrogen and oxygen atoms in total. The summed E-state index contributed by atoms with van der Waals surface area (Å²) in [6.07, 6.45) is 2.99. The SMILES string of the molecule is C=CCN1C(=O)[C@]2(O[C@H](CCO)[C@@H]([Si](C)(C)c3ccc(OC)cc3)[C@@H]2C)c2cc(N3C(=O)CCc4ccccc43)ccc21. The van der Waals surface area contributed by atoms with Gasteiger partial charge in [0.1, 0.15) is 5.75 Å². The van der Waals surface area contributed by atoms with Crippen molar-refractivity contribution in [2.24, 2.45) is 5.92 Å². The molecule has 1 N–H and O–H groups in total. The van der Waals surface area contributed by atoms with Gasteiger partial charge >= 0.3 is 0 Å². The van der Waals surface area contributed by atoms with E-state index in [1.807, 2.05) is 48.5 Å². The molecule has 4 atom stereocenters. The number of benzene rings is 3. The standard InChI is InChI=1S/C35H40N2O5Si/c1-6-20-36-30-17-12-25(37-29-10-8-7-9-24(29)11-18-32(37)39)22-28(30)35(34(36)40)23(2)33(31(42-35)19-21-38)43(4,5)27-15-13-26(41-3)14-16-27/h6-10,12-17,22-23,31,33,38H,1,11,18-21H2,2-5H3/t23-,31+,33-,35+/m0/s1. The molecule has 6 rings (SSSR count). The van der Waals surface area contributed by atoms with Crippen LogP contribution in [0.5, 0.6) is 5.75 Å². The second-order valence-corrected chi connectivity index (χ2v) is 17.1. The van der Waals surface area contributed by atoms with Gasteiger partial charge in [0.25, 0.3) is 5.91 Å². The number of ether oxygens (including phenoxy) is 2. The fourth-order valence-electron chi connectivity index (χ4n) is 7.86. The van der Waals surface area contributed by atoms with Crippen molar-refractivity contribution in [3.63, 3.8) is 0 Å². The van der Waals surface area contributed by atoms with Crippen LogP contribution < -0.4 is 19.7 Å². The number of carbonyl (C=O) groups is 2. The molecule has 43 heavy (non-hydrogen) atoms. The minimum absolute atomic E-state index is 0.0319. The molecule has 3 heterocycles. The molecule has 0 radical (unpaired) electrons. The lowest BCUT2D eigenvalue weighted by molar-refractivity contribution is -0.146. The average molecular weight is 597 g/mol. The minimum Gasteiger partial charge on any atom is -0.497 e. The van der Waals surface area contributed by atoms with Gasteiger partial charge in [-0.3, -0.25) is 14.5 Å². The number of carbonyl (C=O) groups excluding carboxylic acids is 2. The number of aryl methyl sites for hydroxylation is 1. The van der Waals surface area contributed by atoms with Crippen LogP contribution in [0.15, 0.2) is 79.4 Å². The summed E-state index contributed by atoms with van der Waals surface area (Å²) in [4.78, 5) is 31.5. The highest BCUT2D eigenvalue weighted by molar-refractivity contribution is 6.91. The van der Waals surface area contributed by atoms with Gasteiger partial charge in [0.15, 0.2) is 5.60 Å². The number of anilines is 3. The Bertz CT molecular complexity index is 1570. The number of amides is 2. The average Bonchev–Trinajstić information content (AvgIpc) is 3.44. The number of fused-ring (bicyclic) bond motifs is 3. The lowest BCUT2D eigenvalue weighted by Crippen LogP contribution is -2.51. The van der Waals surface area contributed by atoms with Crippen LogP contribution >= 0.6 is 0 Å². The Morgan fingerprint density at radius 2 is 1.81 bits per heavy atom. The molecule has 2 amide bonds. The van der Waals surface area contributed by atoms with E-state index in [4.69, 9.17) is 9.47 Å². The lowest BCUT2D eigenvalue weighted by Gasteiger charge is -2.37. The Hall–Kier alpha value is -3.72. The van der Waals surface area contributed by atoms with Crippen LogP contribution in [0.1, 0.15) is 30.9 Å². The summed E-state index contributed by atoms with van der Waals surface area (Å²) in [6, 6.07) is 22.1. The molecule has 1 fully saturated rings. The van der Waals surface area contributed by atoms with Gasteiger partial charge in [-0.25, -0.2) is 0 Å². The summed E-state index contributed by atoms with van der Waals surface area (Å²) in [6.45, 7) is 11.0. The molecule has 3 aliphatic rings. The van der Waals surface area contributed by atoms with Crippen molar-refractivity contribution in [1.29, 1.82) is 0 Å². The third-order valence-electron chi connectivity index (χ3n) is 9.89. The summed E-state index contributed by atoms with van der Waals surface area (Å²) < 4.78 is 12.4. The first-order chi connectivity index (χ1) is 20.7. The van der Waals surface area contributed by atoms with Gasteiger partial charge in [0, 0.05) is 36.7 Å². The smallest absolute Gasteiger partial charge is 0.264 e. The third kappa shape index (κ3) is 4.46. The van der Waals surface area contributed by atoms with Crippen molar-refractivity contribution in [3.8, 4) is 5.75 Å². The maximum Gasteiger partial charge on any atom is 0.264 e. The Labute approximate surface area is 254 Å². The van der Waals surface area contributed by atoms with Crippen molar-refractivity contribution in [1.82, 2.24) is 0 Å². The first kappa shape index (κ1) is 29.4. The summed E-state index contributed by atoms with van der Waals surface area (Å²) in [7, 11) is -0.621. The normalized spacial score (nSPS) is 24.8. The first-order valence-corrected chi connectivity index (χ1v) is 18.2. The van der Waals surface area contributed by atoms with E-state index in [2.05, 4.69) is 44.8 Å². The largest absolute Gasteiger partial charge is 0.497 e. The van der Waals surface area contributed by atoms with E-state index in [-0.39, 0.29) is 36.0 Å². The predicted molar refractivity (Wildman–Crippen MR) is 172 cm³/mol. The van der Waals surface area contributed by atoms with Crippen LogP contribution in [0.2, 0.25) is 18.6 Å². The van der Waals surface area contributed by atoms with E-state index in [0.717, 1.165) is 33.9 Å². The van der Waals surface area contributed by atoms with Gasteiger partial charge in [-0.1, -0.05) is 61.6 Å². The van der Waals surface area contributed by atoms with Gasteiger partial charge in [-0.05, 0) is 60.3 Å². The van der Waals surface area contributed by atoms with Gasteiger partial charge in [0.2, 0.25) is 5.91 Å². The van der Waals surface area contributed by atoms with Crippen molar-refractivity contribution in [2.45, 2.75) is 56.5 Å². The first-order valence-electron chi connectivity index (χ1n) is 15.1. The summed E-state index contributed by atoms with van der Waals surface area (Å²) in [5, 5.41) is 11.4. The summed E-state index contributed by atoms with van der Waals surface area (Å²) in [5.41, 5.74) is 3.10. The van der Waals surface area contributed by atoms with Crippen molar-refractivity contribution in [3.05, 3.63) is 90.5 Å². The van der Waals surface area contributed by atoms with Gasteiger partial charge in [-0.2, -0.15) is 0 Å². The zero-order valence-corrected chi connectivity index (χ0v) is 26.4. The molecule has 0 unspecified atom stereocenters. The molecule has 0 saturated carbocycles. The second-order valence-electron chi connectivity index (χ2n) is 12.4. The minimum atomic E-state index is -2.28. The highest BCUT2D eigenvalue weighted by Crippen LogP contribution is 2.60. The maximum atomic E-state index is 14.6. The van der Waals surface area contributed by atoms with Crippen molar-refractivity contribution in [2.75, 3.05) is 30.1 Å². The van der Waals surface area contributed by atoms with E-state index in [0.29, 0.717) is 25.8 Å². The number of hydrogen-bond donors (Lipinski definition) is 1. The quantitative estimate of drug-likeness (QED) is 0.277. The van der Waals surface area contributed by atoms with E-state index in [1.54, 1.807) is 23.0 Å². The zero-order chi connectivity index (χ0) is 30.5. The van der Waals surface area contributed by atoms with E-state index in [9.17, 15) is 14.7 Å². The molecule has 8 heteroatoms. The Morgan fingerprint density at radius 1 is 1.07 bits per heavy atom. The van der Waals surface area contributed by atoms with Crippen LogP contribution in [-0.2, 0) is 26.3 Å². The second kappa shape index (κ2) is 11.1. The van der Waals surface area contributed by atoms with Crippen LogP contribution in [0.3, 0.4) is 0 Å². The topological polar surface area (TPSA) is 79.3 Å². The van der Waals surface area contributed by atoms with Crippen molar-refractivity contribution >= 4 is 42.1 Å². The Kier molecular flexibility index (Phi) is 7.57. The van der Waals surface area contributed by atoms with E-state index >= 15 is 0 Å². The molecule has 1 saturated heterocycles. The highest BCUT2D eigenvalue weighted by atomic mass is 28.3. The molecule has 3 aliphatic heterocycles. The molecule has 0 aliphatic carbocycles. The van der Waals surface area contributed by atoms with Gasteiger partial charge < -0.3 is 19.5 Å². The fourth-order valence-corrected chi connectivity index (χ4v) is 11.9. The number of nitrogens with zero attached hydrogens (tertiary/aromatic N) is 2. The highest BCUT2D eigenvalue weighted by Gasteiger charge is 2.66. The molecule has 3 aromatic carbocycles. The molecular formula is C35H40N2O5Si. The van der Waals surface area contributed by atoms with Crippen molar-refractivity contribution < 1.29 is 24.2 Å². The summed E-state index contributed by atoms with van der Waals surface area (Å²) in [5.74, 6) is 0.536. The molecule has 3 aromatic rings. The van der Waals surface area contributed by atoms with Crippen LogP contribution in [0.25, 0.3) is 0 Å². The third-order valence-corrected chi connectivity index (χ3v) is 14.3. The Balaban J connectivity index is 1.50. The number of para-hydroxylation sites is 1. The summed E-state index contributed by atoms with van der Waals surface area (Å²) >= 11 is 0. The van der Waals surface area contributed by atoms with Crippen LogP contribution in [0.4, 0.5) is 17.1 Å². The lowest BCUT2D eigenvalue weighted by atomic mass is 9.82. The number of hydrogen-bond acceptors (Lipinski definition) is 5. The maximum absolute atomic E-state index is 14.6. The molecule has 1 spiro atoms. The number of aliphatic hydroxyl groups is 1. The van der Waals surface area contributed by atoms with E-state index < -0.39 is 13.7 Å². The molecule has 0 bridgehead atoms. The van der Waals surface area contributed by atoms with E-state index in [1.165, 1.54) is 5.19 Å². The predicted octanol–water partition coefficient (Wildman–Crippen LogP) is 5.44. The number of aliphatic hydroxyl groups excluding tert-OH is 1. The molecule has 224 valence electrons.